The summed E-state index contributed by atoms with van der Waals surface area (Å²) in [5.74, 6) is 0.913. The maximum absolute atomic E-state index is 3.53. The molecular weight excluding hydrogens is 274 g/mol. The van der Waals surface area contributed by atoms with Crippen LogP contribution in [0.25, 0.3) is 0 Å². The van der Waals surface area contributed by atoms with Gasteiger partial charge in [-0.2, -0.15) is 0 Å². The number of nitrogens with zero attached hydrogens (tertiary/aromatic N) is 1. The second-order valence-corrected chi connectivity index (χ2v) is 5.84. The molecule has 94 valence electrons. The minimum atomic E-state index is 0.913. The van der Waals surface area contributed by atoms with Crippen LogP contribution in [0.2, 0.25) is 0 Å². The molecule has 1 aromatic rings. The van der Waals surface area contributed by atoms with Crippen molar-refractivity contribution in [1.29, 1.82) is 0 Å². The van der Waals surface area contributed by atoms with E-state index in [-0.39, 0.29) is 0 Å². The largest absolute Gasteiger partial charge is 0.374 e. The molecule has 17 heavy (non-hydrogen) atoms. The van der Waals surface area contributed by atoms with Crippen molar-refractivity contribution in [3.63, 3.8) is 0 Å². The van der Waals surface area contributed by atoms with Crippen molar-refractivity contribution < 1.29 is 0 Å². The van der Waals surface area contributed by atoms with Crippen LogP contribution in [0.1, 0.15) is 36.8 Å². The highest BCUT2D eigenvalue weighted by Crippen LogP contribution is 2.27. The molecule has 1 aliphatic carbocycles. The second kappa shape index (κ2) is 5.90. The summed E-state index contributed by atoms with van der Waals surface area (Å²) in [6.07, 6.45) is 5.70. The van der Waals surface area contributed by atoms with Crippen molar-refractivity contribution in [3.8, 4) is 0 Å². The smallest absolute Gasteiger partial charge is 0.0366 e. The summed E-state index contributed by atoms with van der Waals surface area (Å²) in [6, 6.07) is 6.80. The van der Waals surface area contributed by atoms with E-state index >= 15 is 0 Å². The summed E-state index contributed by atoms with van der Waals surface area (Å²) < 4.78 is 0. The van der Waals surface area contributed by atoms with E-state index < -0.39 is 0 Å². The number of alkyl halides is 1. The van der Waals surface area contributed by atoms with Gasteiger partial charge >= 0.3 is 0 Å². The van der Waals surface area contributed by atoms with Gasteiger partial charge in [-0.05, 0) is 48.9 Å². The maximum Gasteiger partial charge on any atom is 0.0366 e. The monoisotopic (exact) mass is 295 g/mol. The molecule has 1 fully saturated rings. The highest BCUT2D eigenvalue weighted by molar-refractivity contribution is 9.08. The van der Waals surface area contributed by atoms with Crippen LogP contribution < -0.4 is 4.90 Å². The van der Waals surface area contributed by atoms with Gasteiger partial charge in [-0.15, -0.1) is 0 Å². The minimum Gasteiger partial charge on any atom is -0.374 e. The second-order valence-electron chi connectivity index (χ2n) is 5.28. The third-order valence-electron chi connectivity index (χ3n) is 3.92. The molecule has 0 unspecified atom stereocenters. The van der Waals surface area contributed by atoms with Crippen LogP contribution in [0.4, 0.5) is 5.69 Å². The van der Waals surface area contributed by atoms with E-state index in [4.69, 9.17) is 0 Å². The SMILES string of the molecule is Cc1cc(N(C)CC2CCCC2)ccc1CBr. The van der Waals surface area contributed by atoms with Gasteiger partial charge in [0.25, 0.3) is 0 Å². The Bertz CT molecular complexity index is 369. The van der Waals surface area contributed by atoms with Crippen LogP contribution in [0.15, 0.2) is 18.2 Å². The van der Waals surface area contributed by atoms with Crippen LogP contribution in [0, 0.1) is 12.8 Å². The van der Waals surface area contributed by atoms with Crippen molar-refractivity contribution in [2.24, 2.45) is 5.92 Å². The van der Waals surface area contributed by atoms with Gasteiger partial charge in [-0.1, -0.05) is 34.8 Å². The lowest BCUT2D eigenvalue weighted by Gasteiger charge is -2.24. The van der Waals surface area contributed by atoms with Gasteiger partial charge in [0.1, 0.15) is 0 Å². The molecule has 0 heterocycles. The molecule has 0 aliphatic heterocycles. The Balaban J connectivity index is 2.02. The highest BCUT2D eigenvalue weighted by Gasteiger charge is 2.17. The van der Waals surface area contributed by atoms with E-state index in [9.17, 15) is 0 Å². The number of anilines is 1. The summed E-state index contributed by atoms with van der Waals surface area (Å²) in [5, 5.41) is 0.950. The Labute approximate surface area is 113 Å². The summed E-state index contributed by atoms with van der Waals surface area (Å²) >= 11 is 3.53. The summed E-state index contributed by atoms with van der Waals surface area (Å²) in [4.78, 5) is 2.42. The Morgan fingerprint density at radius 3 is 2.59 bits per heavy atom. The first-order valence-electron chi connectivity index (χ1n) is 6.57. The molecule has 0 bridgehead atoms. The zero-order valence-corrected chi connectivity index (χ0v) is 12.5. The predicted octanol–water partition coefficient (Wildman–Crippen LogP) is 4.52. The quantitative estimate of drug-likeness (QED) is 0.739. The van der Waals surface area contributed by atoms with Gasteiger partial charge < -0.3 is 4.90 Å². The average molecular weight is 296 g/mol. The fourth-order valence-electron chi connectivity index (χ4n) is 2.75. The van der Waals surface area contributed by atoms with Crippen molar-refractivity contribution >= 4 is 21.6 Å². The van der Waals surface area contributed by atoms with Crippen molar-refractivity contribution in [1.82, 2.24) is 0 Å². The molecule has 1 aliphatic rings. The molecule has 1 saturated carbocycles. The number of aryl methyl sites for hydroxylation is 1. The summed E-state index contributed by atoms with van der Waals surface area (Å²) in [5.41, 5.74) is 4.14. The first kappa shape index (κ1) is 12.9. The normalized spacial score (nSPS) is 16.4. The van der Waals surface area contributed by atoms with E-state index in [0.29, 0.717) is 0 Å². The fourth-order valence-corrected chi connectivity index (χ4v) is 3.38. The summed E-state index contributed by atoms with van der Waals surface area (Å²) in [7, 11) is 2.22. The lowest BCUT2D eigenvalue weighted by molar-refractivity contribution is 0.547. The van der Waals surface area contributed by atoms with Gasteiger partial charge in [0.2, 0.25) is 0 Å². The zero-order chi connectivity index (χ0) is 12.3. The topological polar surface area (TPSA) is 3.24 Å². The van der Waals surface area contributed by atoms with Gasteiger partial charge in [0, 0.05) is 24.6 Å². The van der Waals surface area contributed by atoms with E-state index in [1.807, 2.05) is 0 Å². The summed E-state index contributed by atoms with van der Waals surface area (Å²) in [6.45, 7) is 3.41. The Morgan fingerprint density at radius 2 is 2.00 bits per heavy atom. The Kier molecular flexibility index (Phi) is 4.49. The van der Waals surface area contributed by atoms with E-state index in [1.54, 1.807) is 0 Å². The molecule has 2 heteroatoms. The predicted molar refractivity (Wildman–Crippen MR) is 79.0 cm³/mol. The third kappa shape index (κ3) is 3.25. The van der Waals surface area contributed by atoms with Crippen LogP contribution in [-0.4, -0.2) is 13.6 Å². The van der Waals surface area contributed by atoms with Crippen molar-refractivity contribution in [2.75, 3.05) is 18.5 Å². The van der Waals surface area contributed by atoms with Gasteiger partial charge in [-0.3, -0.25) is 0 Å². The third-order valence-corrected chi connectivity index (χ3v) is 4.52. The first-order chi connectivity index (χ1) is 8.20. The molecule has 0 spiro atoms. The van der Waals surface area contributed by atoms with Gasteiger partial charge in [0.15, 0.2) is 0 Å². The Morgan fingerprint density at radius 1 is 1.29 bits per heavy atom. The highest BCUT2D eigenvalue weighted by atomic mass is 79.9. The van der Waals surface area contributed by atoms with Crippen LogP contribution in [0.5, 0.6) is 0 Å². The van der Waals surface area contributed by atoms with Gasteiger partial charge in [-0.25, -0.2) is 0 Å². The zero-order valence-electron chi connectivity index (χ0n) is 10.9. The van der Waals surface area contributed by atoms with E-state index in [1.165, 1.54) is 49.0 Å². The van der Waals surface area contributed by atoms with E-state index in [0.717, 1.165) is 11.2 Å². The van der Waals surface area contributed by atoms with Crippen LogP contribution in [-0.2, 0) is 5.33 Å². The Hall–Kier alpha value is -0.500. The lowest BCUT2D eigenvalue weighted by Crippen LogP contribution is -2.24. The molecule has 1 nitrogen and oxygen atoms in total. The maximum atomic E-state index is 3.53. The molecule has 0 aromatic heterocycles. The number of benzene rings is 1. The average Bonchev–Trinajstić information content (AvgIpc) is 2.81. The van der Waals surface area contributed by atoms with Gasteiger partial charge in [0.05, 0.1) is 0 Å². The van der Waals surface area contributed by atoms with Crippen molar-refractivity contribution in [2.45, 2.75) is 37.9 Å². The number of hydrogen-bond donors (Lipinski definition) is 0. The van der Waals surface area contributed by atoms with Crippen molar-refractivity contribution in [3.05, 3.63) is 29.3 Å². The van der Waals surface area contributed by atoms with E-state index in [2.05, 4.69) is 53.0 Å². The van der Waals surface area contributed by atoms with Crippen LogP contribution >= 0.6 is 15.9 Å². The molecule has 1 aromatic carbocycles. The molecule has 0 N–H and O–H groups in total. The molecule has 0 saturated heterocycles. The first-order valence-corrected chi connectivity index (χ1v) is 7.69. The standard InChI is InChI=1S/C15H22BrN/c1-12-9-15(8-7-14(12)10-16)17(2)11-13-5-3-4-6-13/h7-9,13H,3-6,10-11H2,1-2H3. The number of hydrogen-bond acceptors (Lipinski definition) is 1. The molecule has 0 amide bonds. The number of rotatable bonds is 4. The molecule has 0 atom stereocenters. The molecular formula is C15H22BrN. The number of halogens is 1. The lowest BCUT2D eigenvalue weighted by atomic mass is 10.1. The molecule has 2 rings (SSSR count). The molecule has 0 radical (unpaired) electrons. The van der Waals surface area contributed by atoms with Crippen LogP contribution in [0.3, 0.4) is 0 Å². The minimum absolute atomic E-state index is 0.913. The fraction of sp³-hybridized carbons (Fsp3) is 0.600.